The molecule has 1 aliphatic rings. The number of piperidine rings is 1. The third-order valence-electron chi connectivity index (χ3n) is 4.25. The van der Waals surface area contributed by atoms with Crippen LogP contribution in [0, 0.1) is 6.92 Å². The largest absolute Gasteiger partial charge is 0.341 e. The van der Waals surface area contributed by atoms with Gasteiger partial charge in [-0.25, -0.2) is 8.42 Å². The Morgan fingerprint density at radius 3 is 2.86 bits per heavy atom. The number of nitrogens with one attached hydrogen (secondary N) is 1. The first kappa shape index (κ1) is 17.0. The molecule has 0 saturated carbocycles. The van der Waals surface area contributed by atoms with Gasteiger partial charge in [-0.2, -0.15) is 5.10 Å². The molecular weight excluding hydrogens is 302 g/mol. The number of aryl methyl sites for hydroxylation is 1. The SMILES string of the molecule is CCCS(=O)(=O)[C@@H](C)C(=O)N1CCC[C@@H](c2cc(C)[nH]n2)C1. The second kappa shape index (κ2) is 6.81. The van der Waals surface area contributed by atoms with Crippen molar-refractivity contribution >= 4 is 15.7 Å². The molecule has 2 heterocycles. The van der Waals surface area contributed by atoms with E-state index in [1.807, 2.05) is 19.9 Å². The third-order valence-corrected chi connectivity index (χ3v) is 6.51. The molecule has 0 radical (unpaired) electrons. The molecule has 1 fully saturated rings. The number of H-pyrrole nitrogens is 1. The molecule has 1 aromatic rings. The number of carbonyl (C=O) groups is 1. The lowest BCUT2D eigenvalue weighted by Crippen LogP contribution is -2.46. The van der Waals surface area contributed by atoms with Crippen molar-refractivity contribution in [3.63, 3.8) is 0 Å². The molecule has 2 atom stereocenters. The molecule has 1 N–H and O–H groups in total. The van der Waals surface area contributed by atoms with Gasteiger partial charge in [0.1, 0.15) is 5.25 Å². The fourth-order valence-corrected chi connectivity index (χ4v) is 4.32. The lowest BCUT2D eigenvalue weighted by Gasteiger charge is -2.33. The van der Waals surface area contributed by atoms with Gasteiger partial charge in [0, 0.05) is 24.7 Å². The minimum absolute atomic E-state index is 0.0652. The van der Waals surface area contributed by atoms with Crippen LogP contribution in [0.2, 0.25) is 0 Å². The smallest absolute Gasteiger partial charge is 0.240 e. The first-order valence-corrected chi connectivity index (χ1v) is 9.59. The molecule has 0 aliphatic carbocycles. The zero-order chi connectivity index (χ0) is 16.3. The average molecular weight is 327 g/mol. The quantitative estimate of drug-likeness (QED) is 0.891. The Morgan fingerprint density at radius 2 is 2.27 bits per heavy atom. The number of amides is 1. The number of hydrogen-bond acceptors (Lipinski definition) is 4. The van der Waals surface area contributed by atoms with E-state index in [1.165, 1.54) is 6.92 Å². The van der Waals surface area contributed by atoms with E-state index >= 15 is 0 Å². The lowest BCUT2D eigenvalue weighted by atomic mass is 9.94. The standard InChI is InChI=1S/C15H25N3O3S/c1-4-8-22(20,21)12(3)15(19)18-7-5-6-13(10-18)14-9-11(2)16-17-14/h9,12-13H,4-8,10H2,1-3H3,(H,16,17)/t12-,13+/m0/s1. The number of aromatic nitrogens is 2. The van der Waals surface area contributed by atoms with Crippen LogP contribution in [0.1, 0.15) is 50.4 Å². The first-order valence-electron chi connectivity index (χ1n) is 7.87. The van der Waals surface area contributed by atoms with E-state index < -0.39 is 15.1 Å². The van der Waals surface area contributed by atoms with Crippen molar-refractivity contribution in [1.82, 2.24) is 15.1 Å². The number of likely N-dealkylation sites (tertiary alicyclic amines) is 1. The second-order valence-electron chi connectivity index (χ2n) is 6.11. The van der Waals surface area contributed by atoms with Crippen LogP contribution in [0.5, 0.6) is 0 Å². The van der Waals surface area contributed by atoms with Gasteiger partial charge in [-0.1, -0.05) is 6.92 Å². The molecule has 1 amide bonds. The van der Waals surface area contributed by atoms with E-state index in [0.717, 1.165) is 24.2 Å². The summed E-state index contributed by atoms with van der Waals surface area (Å²) >= 11 is 0. The summed E-state index contributed by atoms with van der Waals surface area (Å²) in [6.07, 6.45) is 2.39. The van der Waals surface area contributed by atoms with Crippen LogP contribution in [0.4, 0.5) is 0 Å². The summed E-state index contributed by atoms with van der Waals surface area (Å²) in [5.74, 6) is -0.0235. The number of sulfone groups is 1. The molecule has 2 rings (SSSR count). The first-order chi connectivity index (χ1) is 10.3. The molecule has 1 aliphatic heterocycles. The highest BCUT2D eigenvalue weighted by Gasteiger charge is 2.34. The summed E-state index contributed by atoms with van der Waals surface area (Å²) in [6, 6.07) is 2.00. The van der Waals surface area contributed by atoms with Crippen LogP contribution in [0.3, 0.4) is 0 Å². The zero-order valence-corrected chi connectivity index (χ0v) is 14.3. The van der Waals surface area contributed by atoms with Gasteiger partial charge in [-0.05, 0) is 39.2 Å². The van der Waals surface area contributed by atoms with E-state index in [4.69, 9.17) is 0 Å². The van der Waals surface area contributed by atoms with E-state index in [-0.39, 0.29) is 17.6 Å². The van der Waals surface area contributed by atoms with Crippen molar-refractivity contribution in [1.29, 1.82) is 0 Å². The van der Waals surface area contributed by atoms with Crippen molar-refractivity contribution in [2.45, 2.75) is 51.2 Å². The highest BCUT2D eigenvalue weighted by molar-refractivity contribution is 7.92. The average Bonchev–Trinajstić information content (AvgIpc) is 2.92. The molecule has 6 nitrogen and oxygen atoms in total. The van der Waals surface area contributed by atoms with E-state index in [1.54, 1.807) is 4.90 Å². The molecule has 1 saturated heterocycles. The van der Waals surface area contributed by atoms with Crippen LogP contribution < -0.4 is 0 Å². The van der Waals surface area contributed by atoms with Crippen LogP contribution in [-0.2, 0) is 14.6 Å². The minimum atomic E-state index is -3.35. The van der Waals surface area contributed by atoms with E-state index in [0.29, 0.717) is 19.5 Å². The van der Waals surface area contributed by atoms with Crippen LogP contribution in [-0.4, -0.2) is 53.5 Å². The minimum Gasteiger partial charge on any atom is -0.341 e. The van der Waals surface area contributed by atoms with Crippen molar-refractivity contribution in [3.05, 3.63) is 17.5 Å². The summed E-state index contributed by atoms with van der Waals surface area (Å²) in [4.78, 5) is 14.2. The highest BCUT2D eigenvalue weighted by atomic mass is 32.2. The van der Waals surface area contributed by atoms with Gasteiger partial charge in [-0.3, -0.25) is 9.89 Å². The number of rotatable bonds is 5. The monoisotopic (exact) mass is 327 g/mol. The predicted octanol–water partition coefficient (Wildman–Crippen LogP) is 1.64. The van der Waals surface area contributed by atoms with Gasteiger partial charge in [-0.15, -0.1) is 0 Å². The van der Waals surface area contributed by atoms with Gasteiger partial charge in [0.2, 0.25) is 5.91 Å². The van der Waals surface area contributed by atoms with Crippen LogP contribution in [0.15, 0.2) is 6.07 Å². The Balaban J connectivity index is 2.07. The Hall–Kier alpha value is -1.37. The van der Waals surface area contributed by atoms with E-state index in [2.05, 4.69) is 10.2 Å². The molecule has 1 aromatic heterocycles. The fraction of sp³-hybridized carbons (Fsp3) is 0.733. The number of carbonyl (C=O) groups excluding carboxylic acids is 1. The molecule has 0 aromatic carbocycles. The molecule has 0 unspecified atom stereocenters. The van der Waals surface area contributed by atoms with Gasteiger partial charge in [0.05, 0.1) is 11.4 Å². The summed E-state index contributed by atoms with van der Waals surface area (Å²) < 4.78 is 24.2. The Bertz CT molecular complexity index is 624. The third kappa shape index (κ3) is 3.69. The van der Waals surface area contributed by atoms with Crippen LogP contribution >= 0.6 is 0 Å². The zero-order valence-electron chi connectivity index (χ0n) is 13.5. The van der Waals surface area contributed by atoms with Gasteiger partial charge >= 0.3 is 0 Å². The van der Waals surface area contributed by atoms with Gasteiger partial charge < -0.3 is 4.90 Å². The Morgan fingerprint density at radius 1 is 1.55 bits per heavy atom. The van der Waals surface area contributed by atoms with Crippen molar-refractivity contribution in [2.75, 3.05) is 18.8 Å². The van der Waals surface area contributed by atoms with Crippen molar-refractivity contribution in [2.24, 2.45) is 0 Å². The van der Waals surface area contributed by atoms with Crippen molar-refractivity contribution in [3.8, 4) is 0 Å². The van der Waals surface area contributed by atoms with Crippen molar-refractivity contribution < 1.29 is 13.2 Å². The van der Waals surface area contributed by atoms with Gasteiger partial charge in [0.15, 0.2) is 9.84 Å². The highest BCUT2D eigenvalue weighted by Crippen LogP contribution is 2.26. The molecule has 0 bridgehead atoms. The Labute approximate surface area is 132 Å². The maximum atomic E-state index is 12.5. The van der Waals surface area contributed by atoms with Crippen LogP contribution in [0.25, 0.3) is 0 Å². The number of nitrogens with zero attached hydrogens (tertiary/aromatic N) is 2. The Kier molecular flexibility index (Phi) is 5.26. The summed E-state index contributed by atoms with van der Waals surface area (Å²) in [5, 5.41) is 6.25. The molecule has 0 spiro atoms. The number of aromatic amines is 1. The maximum absolute atomic E-state index is 12.5. The molecule has 124 valence electrons. The van der Waals surface area contributed by atoms with E-state index in [9.17, 15) is 13.2 Å². The predicted molar refractivity (Wildman–Crippen MR) is 85.4 cm³/mol. The lowest BCUT2D eigenvalue weighted by molar-refractivity contribution is -0.131. The number of hydrogen-bond donors (Lipinski definition) is 1. The normalized spacial score (nSPS) is 20.9. The topological polar surface area (TPSA) is 83.1 Å². The summed E-state index contributed by atoms with van der Waals surface area (Å²) in [5.41, 5.74) is 1.96. The molecule has 22 heavy (non-hydrogen) atoms. The maximum Gasteiger partial charge on any atom is 0.240 e. The summed E-state index contributed by atoms with van der Waals surface area (Å²) in [6.45, 7) is 6.45. The fourth-order valence-electron chi connectivity index (χ4n) is 2.94. The van der Waals surface area contributed by atoms with Gasteiger partial charge in [0.25, 0.3) is 0 Å². The second-order valence-corrected chi connectivity index (χ2v) is 8.55. The molecule has 7 heteroatoms. The summed E-state index contributed by atoms with van der Waals surface area (Å²) in [7, 11) is -3.35. The molecular formula is C15H25N3O3S.